The molecule has 1 fully saturated rings. The third kappa shape index (κ3) is 3.07. The third-order valence-electron chi connectivity index (χ3n) is 4.14. The molecule has 0 aromatic heterocycles. The van der Waals surface area contributed by atoms with Gasteiger partial charge in [0, 0.05) is 13.0 Å². The van der Waals surface area contributed by atoms with Crippen LogP contribution in [0.4, 0.5) is 0 Å². The summed E-state index contributed by atoms with van der Waals surface area (Å²) in [7, 11) is 1.65. The van der Waals surface area contributed by atoms with E-state index in [1.807, 2.05) is 0 Å². The van der Waals surface area contributed by atoms with Gasteiger partial charge in [-0.05, 0) is 37.0 Å². The number of ether oxygens (including phenoxy) is 1. The molecular weight excluding hydrogens is 200 g/mol. The summed E-state index contributed by atoms with van der Waals surface area (Å²) >= 11 is 0. The first-order chi connectivity index (χ1) is 7.47. The highest BCUT2D eigenvalue weighted by molar-refractivity contribution is 5.85. The lowest BCUT2D eigenvalue weighted by molar-refractivity contribution is -0.137. The Morgan fingerprint density at radius 3 is 2.25 bits per heavy atom. The van der Waals surface area contributed by atoms with Gasteiger partial charge in [0.05, 0.1) is 0 Å². The van der Waals surface area contributed by atoms with Gasteiger partial charge in [0.25, 0.3) is 0 Å². The van der Waals surface area contributed by atoms with Gasteiger partial charge >= 0.3 is 0 Å². The summed E-state index contributed by atoms with van der Waals surface area (Å²) in [6.07, 6.45) is 3.08. The van der Waals surface area contributed by atoms with E-state index in [4.69, 9.17) is 4.74 Å². The van der Waals surface area contributed by atoms with E-state index in [-0.39, 0.29) is 17.9 Å². The highest BCUT2D eigenvalue weighted by atomic mass is 16.5. The molecule has 0 N–H and O–H groups in total. The van der Waals surface area contributed by atoms with E-state index in [1.165, 1.54) is 6.42 Å². The minimum Gasteiger partial charge on any atom is -0.373 e. The Hall–Kier alpha value is -0.370. The molecule has 0 radical (unpaired) electrons. The van der Waals surface area contributed by atoms with Crippen molar-refractivity contribution in [2.45, 2.75) is 53.1 Å². The lowest BCUT2D eigenvalue weighted by Gasteiger charge is -2.33. The summed E-state index contributed by atoms with van der Waals surface area (Å²) in [6.45, 7) is 8.67. The predicted octanol–water partition coefficient (Wildman–Crippen LogP) is 3.30. The second-order valence-electron chi connectivity index (χ2n) is 5.77. The molecule has 0 bridgehead atoms. The van der Waals surface area contributed by atoms with E-state index >= 15 is 0 Å². The van der Waals surface area contributed by atoms with Crippen molar-refractivity contribution in [3.05, 3.63) is 0 Å². The maximum absolute atomic E-state index is 12.3. The SMILES string of the molecule is COC(C(=O)C1CCC(C)C(C)C1)C(C)C. The van der Waals surface area contributed by atoms with Crippen molar-refractivity contribution in [2.24, 2.45) is 23.7 Å². The van der Waals surface area contributed by atoms with Crippen LogP contribution in [0.3, 0.4) is 0 Å². The van der Waals surface area contributed by atoms with Crippen LogP contribution in [0.2, 0.25) is 0 Å². The van der Waals surface area contributed by atoms with E-state index in [1.54, 1.807) is 7.11 Å². The van der Waals surface area contributed by atoms with E-state index in [2.05, 4.69) is 27.7 Å². The van der Waals surface area contributed by atoms with Gasteiger partial charge in [-0.15, -0.1) is 0 Å². The lowest BCUT2D eigenvalue weighted by atomic mass is 9.73. The first-order valence-electron chi connectivity index (χ1n) is 6.53. The van der Waals surface area contributed by atoms with Crippen molar-refractivity contribution < 1.29 is 9.53 Å². The number of rotatable bonds is 4. The maximum atomic E-state index is 12.3. The third-order valence-corrected chi connectivity index (χ3v) is 4.14. The minimum atomic E-state index is -0.203. The Labute approximate surface area is 99.8 Å². The van der Waals surface area contributed by atoms with Crippen molar-refractivity contribution in [3.63, 3.8) is 0 Å². The average Bonchev–Trinajstić information content (AvgIpc) is 2.22. The predicted molar refractivity (Wildman–Crippen MR) is 66.3 cm³/mol. The fraction of sp³-hybridized carbons (Fsp3) is 0.929. The van der Waals surface area contributed by atoms with Gasteiger partial charge in [-0.2, -0.15) is 0 Å². The van der Waals surface area contributed by atoms with E-state index in [0.29, 0.717) is 11.7 Å². The van der Waals surface area contributed by atoms with Crippen molar-refractivity contribution in [1.82, 2.24) is 0 Å². The van der Waals surface area contributed by atoms with Crippen LogP contribution in [-0.4, -0.2) is 19.0 Å². The van der Waals surface area contributed by atoms with Crippen LogP contribution in [0.5, 0.6) is 0 Å². The zero-order valence-electron chi connectivity index (χ0n) is 11.3. The molecule has 2 nitrogen and oxygen atoms in total. The second kappa shape index (κ2) is 5.81. The molecule has 1 aliphatic rings. The molecule has 1 aliphatic carbocycles. The molecule has 94 valence electrons. The molecule has 4 atom stereocenters. The van der Waals surface area contributed by atoms with Gasteiger partial charge in [0.2, 0.25) is 0 Å². The number of ketones is 1. The van der Waals surface area contributed by atoms with Crippen LogP contribution in [0.25, 0.3) is 0 Å². The molecule has 1 saturated carbocycles. The quantitative estimate of drug-likeness (QED) is 0.735. The summed E-state index contributed by atoms with van der Waals surface area (Å²) in [5, 5.41) is 0. The summed E-state index contributed by atoms with van der Waals surface area (Å²) in [5.74, 6) is 2.29. The average molecular weight is 226 g/mol. The summed E-state index contributed by atoms with van der Waals surface area (Å²) in [4.78, 5) is 12.3. The van der Waals surface area contributed by atoms with Crippen LogP contribution < -0.4 is 0 Å². The van der Waals surface area contributed by atoms with Crippen LogP contribution in [0.15, 0.2) is 0 Å². The number of carbonyl (C=O) groups excluding carboxylic acids is 1. The number of hydrogen-bond donors (Lipinski definition) is 0. The monoisotopic (exact) mass is 226 g/mol. The molecule has 2 heteroatoms. The largest absolute Gasteiger partial charge is 0.373 e. The number of carbonyl (C=O) groups is 1. The molecule has 0 heterocycles. The molecular formula is C14H26O2. The van der Waals surface area contributed by atoms with Gasteiger partial charge in [-0.1, -0.05) is 27.7 Å². The standard InChI is InChI=1S/C14H26O2/c1-9(2)14(16-5)13(15)12-7-6-10(3)11(4)8-12/h9-12,14H,6-8H2,1-5H3. The lowest BCUT2D eigenvalue weighted by Crippen LogP contribution is -2.37. The summed E-state index contributed by atoms with van der Waals surface area (Å²) in [5.41, 5.74) is 0. The molecule has 16 heavy (non-hydrogen) atoms. The van der Waals surface area contributed by atoms with Crippen LogP contribution in [0.1, 0.15) is 47.0 Å². The molecule has 0 aliphatic heterocycles. The number of methoxy groups -OCH3 is 1. The second-order valence-corrected chi connectivity index (χ2v) is 5.77. The van der Waals surface area contributed by atoms with Gasteiger partial charge in [0.1, 0.15) is 6.10 Å². The number of hydrogen-bond acceptors (Lipinski definition) is 2. The van der Waals surface area contributed by atoms with E-state index in [9.17, 15) is 4.79 Å². The Morgan fingerprint density at radius 2 is 1.81 bits per heavy atom. The van der Waals surface area contributed by atoms with Crippen LogP contribution in [0, 0.1) is 23.7 Å². The van der Waals surface area contributed by atoms with Gasteiger partial charge in [-0.3, -0.25) is 4.79 Å². The van der Waals surface area contributed by atoms with Crippen LogP contribution >= 0.6 is 0 Å². The summed E-state index contributed by atoms with van der Waals surface area (Å²) in [6, 6.07) is 0. The van der Waals surface area contributed by atoms with Gasteiger partial charge in [0.15, 0.2) is 5.78 Å². The molecule has 0 aromatic rings. The Kier molecular flexibility index (Phi) is 4.97. The molecule has 4 unspecified atom stereocenters. The van der Waals surface area contributed by atoms with Gasteiger partial charge in [-0.25, -0.2) is 0 Å². The zero-order chi connectivity index (χ0) is 12.3. The Balaban J connectivity index is 2.60. The van der Waals surface area contributed by atoms with Gasteiger partial charge < -0.3 is 4.74 Å². The highest BCUT2D eigenvalue weighted by Crippen LogP contribution is 2.35. The molecule has 0 amide bonds. The van der Waals surface area contributed by atoms with Crippen molar-refractivity contribution >= 4 is 5.78 Å². The molecule has 0 aromatic carbocycles. The maximum Gasteiger partial charge on any atom is 0.164 e. The zero-order valence-corrected chi connectivity index (χ0v) is 11.3. The highest BCUT2D eigenvalue weighted by Gasteiger charge is 2.34. The molecule has 0 saturated heterocycles. The first kappa shape index (κ1) is 13.7. The van der Waals surface area contributed by atoms with Crippen LogP contribution in [-0.2, 0) is 9.53 Å². The van der Waals surface area contributed by atoms with E-state index < -0.39 is 0 Å². The van der Waals surface area contributed by atoms with Crippen molar-refractivity contribution in [3.8, 4) is 0 Å². The normalized spacial score (nSPS) is 32.8. The first-order valence-corrected chi connectivity index (χ1v) is 6.53. The Morgan fingerprint density at radius 1 is 1.19 bits per heavy atom. The van der Waals surface area contributed by atoms with E-state index in [0.717, 1.165) is 18.8 Å². The smallest absolute Gasteiger partial charge is 0.164 e. The van der Waals surface area contributed by atoms with Crippen molar-refractivity contribution in [2.75, 3.05) is 7.11 Å². The topological polar surface area (TPSA) is 26.3 Å². The fourth-order valence-electron chi connectivity index (χ4n) is 2.76. The minimum absolute atomic E-state index is 0.203. The number of Topliss-reactive ketones (excluding diaryl/α,β-unsaturated/α-hetero) is 1. The summed E-state index contributed by atoms with van der Waals surface area (Å²) < 4.78 is 5.34. The van der Waals surface area contributed by atoms with Crippen molar-refractivity contribution in [1.29, 1.82) is 0 Å². The molecule has 0 spiro atoms. The Bertz CT molecular complexity index is 235. The molecule has 1 rings (SSSR count). The fourth-order valence-corrected chi connectivity index (χ4v) is 2.76.